The van der Waals surface area contributed by atoms with Gasteiger partial charge in [-0.15, -0.1) is 0 Å². The van der Waals surface area contributed by atoms with Crippen LogP contribution in [0.1, 0.15) is 17.7 Å². The van der Waals surface area contributed by atoms with Gasteiger partial charge in [0, 0.05) is 6.07 Å². The number of halogens is 3. The number of nitrogens with zero attached hydrogens (tertiary/aromatic N) is 2. The molecule has 0 aliphatic heterocycles. The monoisotopic (exact) mass is 358 g/mol. The predicted octanol–water partition coefficient (Wildman–Crippen LogP) is 2.16. The number of carboxylic acids is 1. The zero-order valence-corrected chi connectivity index (χ0v) is 10.2. The highest BCUT2D eigenvalue weighted by atomic mass is 127. The van der Waals surface area contributed by atoms with Crippen molar-refractivity contribution >= 4 is 34.2 Å². The van der Waals surface area contributed by atoms with Gasteiger partial charge >= 0.3 is 5.97 Å². The summed E-state index contributed by atoms with van der Waals surface area (Å²) in [7, 11) is 0. The third kappa shape index (κ3) is 3.28. The van der Waals surface area contributed by atoms with Gasteiger partial charge in [-0.05, 0) is 22.6 Å². The van der Waals surface area contributed by atoms with E-state index < -0.39 is 35.1 Å². The van der Waals surface area contributed by atoms with Gasteiger partial charge in [0.1, 0.15) is 9.39 Å². The number of aliphatic carboxylic acids is 1. The number of hydrogen-bond acceptors (Lipinski definition) is 4. The Hall–Kier alpha value is -1.39. The molecule has 1 aromatic rings. The van der Waals surface area contributed by atoms with E-state index in [-0.39, 0.29) is 9.26 Å². The molecule has 0 aliphatic rings. The zero-order chi connectivity index (χ0) is 13.2. The summed E-state index contributed by atoms with van der Waals surface area (Å²) in [5.41, 5.74) is -1.56. The van der Waals surface area contributed by atoms with Crippen molar-refractivity contribution in [3.63, 3.8) is 0 Å². The molecule has 0 saturated heterocycles. The number of rotatable bonds is 4. The number of pyridine rings is 1. The van der Waals surface area contributed by atoms with Crippen LogP contribution in [-0.4, -0.2) is 21.0 Å². The van der Waals surface area contributed by atoms with E-state index in [9.17, 15) is 23.7 Å². The van der Waals surface area contributed by atoms with Gasteiger partial charge in [0.05, 0.1) is 16.9 Å². The van der Waals surface area contributed by atoms with Gasteiger partial charge in [-0.1, -0.05) is 0 Å². The molecule has 1 rings (SSSR count). The van der Waals surface area contributed by atoms with Crippen molar-refractivity contribution in [3.8, 4) is 0 Å². The molecule has 0 aromatic carbocycles. The van der Waals surface area contributed by atoms with Gasteiger partial charge in [-0.3, -0.25) is 14.9 Å². The maximum Gasteiger partial charge on any atom is 0.308 e. The van der Waals surface area contributed by atoms with Crippen LogP contribution in [-0.2, 0) is 11.2 Å². The molecule has 0 radical (unpaired) electrons. The second-order valence-electron chi connectivity index (χ2n) is 2.96. The van der Waals surface area contributed by atoms with Crippen LogP contribution in [0.5, 0.6) is 0 Å². The van der Waals surface area contributed by atoms with E-state index in [1.165, 1.54) is 22.6 Å². The summed E-state index contributed by atoms with van der Waals surface area (Å²) in [5, 5.41) is 19.2. The van der Waals surface area contributed by atoms with E-state index in [2.05, 4.69) is 4.98 Å². The van der Waals surface area contributed by atoms with Crippen molar-refractivity contribution < 1.29 is 23.6 Å². The van der Waals surface area contributed by atoms with Crippen LogP contribution in [0.4, 0.5) is 14.5 Å². The lowest BCUT2D eigenvalue weighted by Crippen LogP contribution is -2.09. The molecule has 0 amide bonds. The Balaban J connectivity index is 3.38. The third-order valence-corrected chi connectivity index (χ3v) is 2.71. The first-order valence-corrected chi connectivity index (χ1v) is 5.24. The molecule has 0 atom stereocenters. The first-order valence-electron chi connectivity index (χ1n) is 4.16. The molecule has 0 aliphatic carbocycles. The van der Waals surface area contributed by atoms with Crippen LogP contribution in [0.15, 0.2) is 6.07 Å². The van der Waals surface area contributed by atoms with E-state index in [0.717, 1.165) is 0 Å². The van der Waals surface area contributed by atoms with Gasteiger partial charge in [-0.25, -0.2) is 13.8 Å². The molecule has 9 heteroatoms. The molecule has 0 bridgehead atoms. The molecule has 1 aromatic heterocycles. The fourth-order valence-electron chi connectivity index (χ4n) is 1.14. The van der Waals surface area contributed by atoms with Crippen molar-refractivity contribution in [2.24, 2.45) is 0 Å². The van der Waals surface area contributed by atoms with Crippen LogP contribution >= 0.6 is 22.6 Å². The Bertz CT molecular complexity index is 481. The standard InChI is InChI=1S/C8H5F2IN2O4/c9-7(10)4-2-5(13(16)17)3(1-6(14)15)8(11)12-4/h2,7H,1H2,(H,14,15). The Morgan fingerprint density at radius 1 is 1.65 bits per heavy atom. The maximum atomic E-state index is 12.4. The summed E-state index contributed by atoms with van der Waals surface area (Å²) in [5.74, 6) is -1.29. The van der Waals surface area contributed by atoms with E-state index in [1.807, 2.05) is 0 Å². The first-order chi connectivity index (χ1) is 7.82. The van der Waals surface area contributed by atoms with Crippen molar-refractivity contribution in [1.82, 2.24) is 4.98 Å². The molecular weight excluding hydrogens is 353 g/mol. The molecule has 17 heavy (non-hydrogen) atoms. The fraction of sp³-hybridized carbons (Fsp3) is 0.250. The number of hydrogen-bond donors (Lipinski definition) is 1. The Morgan fingerprint density at radius 2 is 2.24 bits per heavy atom. The van der Waals surface area contributed by atoms with Gasteiger partial charge in [-0.2, -0.15) is 0 Å². The highest BCUT2D eigenvalue weighted by Gasteiger charge is 2.24. The minimum atomic E-state index is -2.94. The molecule has 0 unspecified atom stereocenters. The quantitative estimate of drug-likeness (QED) is 0.385. The SMILES string of the molecule is O=C(O)Cc1c([N+](=O)[O-])cc(C(F)F)nc1I. The summed E-state index contributed by atoms with van der Waals surface area (Å²) in [4.78, 5) is 23.7. The first kappa shape index (κ1) is 13.7. The average Bonchev–Trinajstić information content (AvgIpc) is 2.19. The summed E-state index contributed by atoms with van der Waals surface area (Å²) in [6.07, 6.45) is -3.58. The highest BCUT2D eigenvalue weighted by molar-refractivity contribution is 14.1. The largest absolute Gasteiger partial charge is 0.481 e. The summed E-state index contributed by atoms with van der Waals surface area (Å²) >= 11 is 1.50. The van der Waals surface area contributed by atoms with Gasteiger partial charge in [0.2, 0.25) is 0 Å². The maximum absolute atomic E-state index is 12.4. The van der Waals surface area contributed by atoms with Crippen molar-refractivity contribution in [2.75, 3.05) is 0 Å². The molecule has 0 fully saturated rings. The smallest absolute Gasteiger partial charge is 0.308 e. The Kier molecular flexibility index (Phi) is 4.26. The second kappa shape index (κ2) is 5.29. The highest BCUT2D eigenvalue weighted by Crippen LogP contribution is 2.28. The normalized spacial score (nSPS) is 10.6. The lowest BCUT2D eigenvalue weighted by Gasteiger charge is -2.05. The van der Waals surface area contributed by atoms with E-state index >= 15 is 0 Å². The molecule has 0 saturated carbocycles. The second-order valence-corrected chi connectivity index (χ2v) is 3.99. The minimum Gasteiger partial charge on any atom is -0.481 e. The summed E-state index contributed by atoms with van der Waals surface area (Å²) in [6, 6.07) is 0.602. The van der Waals surface area contributed by atoms with Gasteiger partial charge in [0.15, 0.2) is 0 Å². The summed E-state index contributed by atoms with van der Waals surface area (Å²) in [6.45, 7) is 0. The lowest BCUT2D eigenvalue weighted by atomic mass is 10.1. The van der Waals surface area contributed by atoms with Crippen LogP contribution in [0, 0.1) is 13.8 Å². The van der Waals surface area contributed by atoms with Crippen LogP contribution in [0.2, 0.25) is 0 Å². The van der Waals surface area contributed by atoms with Crippen molar-refractivity contribution in [3.05, 3.63) is 31.1 Å². The third-order valence-electron chi connectivity index (χ3n) is 1.82. The summed E-state index contributed by atoms with van der Waals surface area (Å²) < 4.78 is 24.7. The lowest BCUT2D eigenvalue weighted by molar-refractivity contribution is -0.385. The Labute approximate surface area is 107 Å². The average molecular weight is 358 g/mol. The molecule has 0 spiro atoms. The Morgan fingerprint density at radius 3 is 2.65 bits per heavy atom. The molecule has 92 valence electrons. The van der Waals surface area contributed by atoms with Crippen LogP contribution < -0.4 is 0 Å². The molecule has 1 N–H and O–H groups in total. The minimum absolute atomic E-state index is 0.102. The van der Waals surface area contributed by atoms with E-state index in [0.29, 0.717) is 6.07 Å². The van der Waals surface area contributed by atoms with E-state index in [1.54, 1.807) is 0 Å². The van der Waals surface area contributed by atoms with Crippen LogP contribution in [0.3, 0.4) is 0 Å². The number of carboxylic acid groups (broad SMARTS) is 1. The molecule has 6 nitrogen and oxygen atoms in total. The topological polar surface area (TPSA) is 93.3 Å². The predicted molar refractivity (Wildman–Crippen MR) is 59.9 cm³/mol. The zero-order valence-electron chi connectivity index (χ0n) is 8.06. The number of alkyl halides is 2. The van der Waals surface area contributed by atoms with Crippen LogP contribution in [0.25, 0.3) is 0 Å². The fourth-order valence-corrected chi connectivity index (χ4v) is 1.88. The van der Waals surface area contributed by atoms with Gasteiger partial charge in [0.25, 0.3) is 12.1 Å². The number of carbonyl (C=O) groups is 1. The number of aromatic nitrogens is 1. The van der Waals surface area contributed by atoms with Gasteiger partial charge < -0.3 is 5.11 Å². The number of nitro groups is 1. The van der Waals surface area contributed by atoms with Crippen molar-refractivity contribution in [1.29, 1.82) is 0 Å². The van der Waals surface area contributed by atoms with Crippen molar-refractivity contribution in [2.45, 2.75) is 12.8 Å². The molecule has 1 heterocycles. The molecular formula is C8H5F2IN2O4. The van der Waals surface area contributed by atoms with E-state index in [4.69, 9.17) is 5.11 Å².